The maximum absolute atomic E-state index is 12.9. The minimum atomic E-state index is -0.278. The lowest BCUT2D eigenvalue weighted by molar-refractivity contribution is 0.627. The fourth-order valence-corrected chi connectivity index (χ4v) is 2.43. The molecule has 0 unspecified atom stereocenters. The van der Waals surface area contributed by atoms with E-state index in [4.69, 9.17) is 0 Å². The predicted octanol–water partition coefficient (Wildman–Crippen LogP) is 4.84. The number of aliphatic imine (C=N–C) groups is 1. The number of rotatable bonds is 3. The third kappa shape index (κ3) is 3.38. The van der Waals surface area contributed by atoms with Crippen LogP contribution in [0, 0.1) is 11.6 Å². The molecule has 0 radical (unpaired) electrons. The Balaban J connectivity index is 1.78. The third-order valence-corrected chi connectivity index (χ3v) is 3.57. The predicted molar refractivity (Wildman–Crippen MR) is 81.2 cm³/mol. The zero-order valence-electron chi connectivity index (χ0n) is 10.8. The van der Waals surface area contributed by atoms with E-state index >= 15 is 0 Å². The van der Waals surface area contributed by atoms with Crippen LogP contribution in [0.2, 0.25) is 0 Å². The second-order valence-corrected chi connectivity index (χ2v) is 5.17. The lowest BCUT2D eigenvalue weighted by atomic mass is 10.2. The van der Waals surface area contributed by atoms with Gasteiger partial charge in [-0.1, -0.05) is 12.1 Å². The van der Waals surface area contributed by atoms with E-state index in [1.807, 2.05) is 5.38 Å². The van der Waals surface area contributed by atoms with Crippen LogP contribution in [-0.4, -0.2) is 11.2 Å². The molecule has 0 aliphatic rings. The van der Waals surface area contributed by atoms with Gasteiger partial charge in [0.25, 0.3) is 0 Å². The zero-order chi connectivity index (χ0) is 14.7. The first-order valence-corrected chi connectivity index (χ1v) is 7.10. The summed E-state index contributed by atoms with van der Waals surface area (Å²) in [5.41, 5.74) is 2.40. The van der Waals surface area contributed by atoms with Crippen molar-refractivity contribution in [1.29, 1.82) is 0 Å². The topological polar surface area (TPSA) is 25.2 Å². The number of hydrogen-bond acceptors (Lipinski definition) is 3. The molecule has 0 amide bonds. The molecule has 5 heteroatoms. The third-order valence-electron chi connectivity index (χ3n) is 2.83. The molecule has 21 heavy (non-hydrogen) atoms. The number of halogens is 2. The molecule has 0 N–H and O–H groups in total. The average Bonchev–Trinajstić information content (AvgIpc) is 2.96. The van der Waals surface area contributed by atoms with Gasteiger partial charge in [-0.05, 0) is 42.0 Å². The second-order valence-electron chi connectivity index (χ2n) is 4.33. The van der Waals surface area contributed by atoms with E-state index in [2.05, 4.69) is 9.98 Å². The molecule has 0 aliphatic heterocycles. The molecule has 0 spiro atoms. The summed E-state index contributed by atoms with van der Waals surface area (Å²) in [6.45, 7) is 0. The number of thiazole rings is 1. The summed E-state index contributed by atoms with van der Waals surface area (Å²) in [4.78, 5) is 8.62. The Kier molecular flexibility index (Phi) is 3.83. The lowest BCUT2D eigenvalue weighted by Gasteiger charge is -1.95. The standard InChI is InChI=1S/C16H10F2N2S/c17-13-5-1-11(2-6-13)9-19-16-20-15(10-21-16)12-3-7-14(18)8-4-12/h1-10H/b19-9-. The van der Waals surface area contributed by atoms with Gasteiger partial charge in [0.2, 0.25) is 5.13 Å². The van der Waals surface area contributed by atoms with Gasteiger partial charge in [-0.3, -0.25) is 0 Å². The molecule has 2 nitrogen and oxygen atoms in total. The summed E-state index contributed by atoms with van der Waals surface area (Å²) >= 11 is 1.39. The van der Waals surface area contributed by atoms with Crippen molar-refractivity contribution < 1.29 is 8.78 Å². The molecule has 0 bridgehead atoms. The van der Waals surface area contributed by atoms with E-state index in [0.29, 0.717) is 5.13 Å². The first-order chi connectivity index (χ1) is 10.2. The molecule has 1 aromatic heterocycles. The second kappa shape index (κ2) is 5.93. The Hall–Kier alpha value is -2.40. The lowest BCUT2D eigenvalue weighted by Crippen LogP contribution is -1.81. The summed E-state index contributed by atoms with van der Waals surface area (Å²) in [6.07, 6.45) is 1.63. The van der Waals surface area contributed by atoms with Gasteiger partial charge in [0.05, 0.1) is 5.69 Å². The molecule has 2 aromatic carbocycles. The highest BCUT2D eigenvalue weighted by atomic mass is 32.1. The first-order valence-electron chi connectivity index (χ1n) is 6.22. The molecule has 0 aliphatic carbocycles. The highest BCUT2D eigenvalue weighted by Crippen LogP contribution is 2.26. The van der Waals surface area contributed by atoms with Gasteiger partial charge in [-0.2, -0.15) is 0 Å². The Labute approximate surface area is 124 Å². The van der Waals surface area contributed by atoms with E-state index in [0.717, 1.165) is 16.8 Å². The van der Waals surface area contributed by atoms with E-state index in [9.17, 15) is 8.78 Å². The van der Waals surface area contributed by atoms with E-state index in [1.165, 1.54) is 35.6 Å². The minimum Gasteiger partial charge on any atom is -0.227 e. The molecule has 3 aromatic rings. The van der Waals surface area contributed by atoms with Crippen molar-refractivity contribution in [2.24, 2.45) is 4.99 Å². The largest absolute Gasteiger partial charge is 0.227 e. The number of aromatic nitrogens is 1. The number of benzene rings is 2. The molecule has 1 heterocycles. The van der Waals surface area contributed by atoms with Crippen LogP contribution in [0.3, 0.4) is 0 Å². The molecule has 0 saturated carbocycles. The number of hydrogen-bond donors (Lipinski definition) is 0. The highest BCUT2D eigenvalue weighted by Gasteiger charge is 2.03. The summed E-state index contributed by atoms with van der Waals surface area (Å²) in [5, 5.41) is 2.46. The number of nitrogens with zero attached hydrogens (tertiary/aromatic N) is 2. The van der Waals surface area contributed by atoms with Crippen LogP contribution in [0.4, 0.5) is 13.9 Å². The summed E-state index contributed by atoms with van der Waals surface area (Å²) in [5.74, 6) is -0.552. The van der Waals surface area contributed by atoms with Gasteiger partial charge in [0.1, 0.15) is 11.6 Å². The van der Waals surface area contributed by atoms with Crippen molar-refractivity contribution in [3.05, 3.63) is 71.1 Å². The normalized spacial score (nSPS) is 11.1. The molecule has 3 rings (SSSR count). The Morgan fingerprint density at radius 3 is 2.19 bits per heavy atom. The Morgan fingerprint density at radius 2 is 1.52 bits per heavy atom. The van der Waals surface area contributed by atoms with Crippen LogP contribution < -0.4 is 0 Å². The van der Waals surface area contributed by atoms with Crippen LogP contribution in [0.25, 0.3) is 11.3 Å². The van der Waals surface area contributed by atoms with Crippen molar-refractivity contribution in [2.45, 2.75) is 0 Å². The van der Waals surface area contributed by atoms with E-state index < -0.39 is 0 Å². The van der Waals surface area contributed by atoms with Crippen molar-refractivity contribution in [2.75, 3.05) is 0 Å². The molecular weight excluding hydrogens is 290 g/mol. The monoisotopic (exact) mass is 300 g/mol. The minimum absolute atomic E-state index is 0.275. The Morgan fingerprint density at radius 1 is 0.905 bits per heavy atom. The highest BCUT2D eigenvalue weighted by molar-refractivity contribution is 7.13. The van der Waals surface area contributed by atoms with Gasteiger partial charge < -0.3 is 0 Å². The van der Waals surface area contributed by atoms with Crippen molar-refractivity contribution in [1.82, 2.24) is 4.98 Å². The maximum Gasteiger partial charge on any atom is 0.209 e. The smallest absolute Gasteiger partial charge is 0.209 e. The van der Waals surface area contributed by atoms with Crippen LogP contribution in [-0.2, 0) is 0 Å². The SMILES string of the molecule is Fc1ccc(/C=N\c2nc(-c3ccc(F)cc3)cs2)cc1. The molecule has 0 atom stereocenters. The van der Waals surface area contributed by atoms with Crippen LogP contribution >= 0.6 is 11.3 Å². The summed E-state index contributed by atoms with van der Waals surface area (Å²) in [6, 6.07) is 12.2. The van der Waals surface area contributed by atoms with Crippen LogP contribution in [0.1, 0.15) is 5.56 Å². The fraction of sp³-hybridized carbons (Fsp3) is 0. The van der Waals surface area contributed by atoms with Gasteiger partial charge in [-0.25, -0.2) is 18.8 Å². The molecular formula is C16H10F2N2S. The van der Waals surface area contributed by atoms with Crippen molar-refractivity contribution in [3.8, 4) is 11.3 Å². The quantitative estimate of drug-likeness (QED) is 0.635. The van der Waals surface area contributed by atoms with Crippen LogP contribution in [0.5, 0.6) is 0 Å². The zero-order valence-corrected chi connectivity index (χ0v) is 11.6. The van der Waals surface area contributed by atoms with Gasteiger partial charge in [-0.15, -0.1) is 11.3 Å². The maximum atomic E-state index is 12.9. The van der Waals surface area contributed by atoms with E-state index in [1.54, 1.807) is 30.5 Å². The van der Waals surface area contributed by atoms with E-state index in [-0.39, 0.29) is 11.6 Å². The first kappa shape index (κ1) is 13.6. The Bertz CT molecular complexity index is 762. The van der Waals surface area contributed by atoms with Crippen molar-refractivity contribution >= 4 is 22.7 Å². The molecule has 0 fully saturated rings. The van der Waals surface area contributed by atoms with Crippen LogP contribution in [0.15, 0.2) is 58.9 Å². The summed E-state index contributed by atoms with van der Waals surface area (Å²) in [7, 11) is 0. The fourth-order valence-electron chi connectivity index (χ4n) is 1.76. The molecule has 104 valence electrons. The molecule has 0 saturated heterocycles. The van der Waals surface area contributed by atoms with Gasteiger partial charge in [0, 0.05) is 17.2 Å². The van der Waals surface area contributed by atoms with Gasteiger partial charge >= 0.3 is 0 Å². The van der Waals surface area contributed by atoms with Gasteiger partial charge in [0.15, 0.2) is 0 Å². The van der Waals surface area contributed by atoms with Crippen molar-refractivity contribution in [3.63, 3.8) is 0 Å². The average molecular weight is 300 g/mol. The summed E-state index contributed by atoms with van der Waals surface area (Å²) < 4.78 is 25.7.